The van der Waals surface area contributed by atoms with Crippen LogP contribution in [-0.2, 0) is 19.6 Å². The number of imide groups is 1. The third-order valence-corrected chi connectivity index (χ3v) is 6.68. The molecule has 1 fully saturated rings. The van der Waals surface area contributed by atoms with Crippen molar-refractivity contribution in [3.8, 4) is 11.5 Å². The molecule has 1 aliphatic heterocycles. The van der Waals surface area contributed by atoms with Crippen molar-refractivity contribution in [2.75, 3.05) is 29.2 Å². The third kappa shape index (κ3) is 4.67. The molecule has 1 aliphatic rings. The molecule has 0 radical (unpaired) electrons. The average Bonchev–Trinajstić information content (AvgIpc) is 3.12. The Hall–Kier alpha value is -4.05. The van der Waals surface area contributed by atoms with Gasteiger partial charge >= 0.3 is 0 Å². The Morgan fingerprint density at radius 2 is 1.65 bits per heavy atom. The summed E-state index contributed by atoms with van der Waals surface area (Å²) in [7, 11) is -0.951. The molecular weight excluding hydrogens is 458 g/mol. The number of carbonyl (C=O) groups is 2. The minimum Gasteiger partial charge on any atom is -0.497 e. The fraction of sp³-hybridized carbons (Fsp3) is 0.167. The van der Waals surface area contributed by atoms with E-state index in [4.69, 9.17) is 9.47 Å². The van der Waals surface area contributed by atoms with Gasteiger partial charge in [-0.2, -0.15) is 0 Å². The molecule has 10 heteroatoms. The lowest BCUT2D eigenvalue weighted by atomic mass is 10.2. The molecule has 3 aromatic rings. The first-order chi connectivity index (χ1) is 16.3. The number of anilines is 3. The zero-order valence-electron chi connectivity index (χ0n) is 18.5. The smallest absolute Gasteiger partial charge is 0.262 e. The molecule has 1 heterocycles. The molecule has 1 saturated heterocycles. The number of benzene rings is 3. The molecule has 1 atom stereocenters. The summed E-state index contributed by atoms with van der Waals surface area (Å²) in [5, 5.41) is 2.99. The predicted molar refractivity (Wildman–Crippen MR) is 128 cm³/mol. The van der Waals surface area contributed by atoms with Crippen molar-refractivity contribution in [3.05, 3.63) is 72.8 Å². The van der Waals surface area contributed by atoms with Crippen LogP contribution in [0, 0.1) is 0 Å². The maximum atomic E-state index is 12.9. The standard InChI is InChI=1S/C24H23N3O6S/c1-32-18-12-10-17(11-13-18)27-23(28)15-21(24(27)29)25-16-6-5-7-19(14-16)34(30,31)26-20-8-3-4-9-22(20)33-2/h3-14,21,25-26H,15H2,1-2H3/t21-/m1/s1. The first kappa shape index (κ1) is 23.1. The van der Waals surface area contributed by atoms with E-state index in [1.165, 1.54) is 26.4 Å². The van der Waals surface area contributed by atoms with Gasteiger partial charge in [-0.15, -0.1) is 0 Å². The van der Waals surface area contributed by atoms with Crippen molar-refractivity contribution in [2.24, 2.45) is 0 Å². The molecule has 0 unspecified atom stereocenters. The van der Waals surface area contributed by atoms with Crippen LogP contribution in [0.2, 0.25) is 0 Å². The van der Waals surface area contributed by atoms with Gasteiger partial charge in [0.05, 0.1) is 36.9 Å². The Bertz CT molecular complexity index is 1320. The minimum atomic E-state index is -3.93. The van der Waals surface area contributed by atoms with Crippen molar-refractivity contribution in [2.45, 2.75) is 17.4 Å². The molecule has 3 aromatic carbocycles. The molecular formula is C24H23N3O6S. The summed E-state index contributed by atoms with van der Waals surface area (Å²) >= 11 is 0. The monoisotopic (exact) mass is 481 g/mol. The minimum absolute atomic E-state index is 0.00723. The largest absolute Gasteiger partial charge is 0.497 e. The Labute approximate surface area is 197 Å². The highest BCUT2D eigenvalue weighted by Gasteiger charge is 2.39. The van der Waals surface area contributed by atoms with Crippen molar-refractivity contribution in [1.82, 2.24) is 0 Å². The summed E-state index contributed by atoms with van der Waals surface area (Å²) in [6, 6.07) is 18.5. The first-order valence-corrected chi connectivity index (χ1v) is 11.8. The number of carbonyl (C=O) groups excluding carboxylic acids is 2. The van der Waals surface area contributed by atoms with Crippen LogP contribution < -0.4 is 24.4 Å². The summed E-state index contributed by atoms with van der Waals surface area (Å²) in [5.41, 5.74) is 1.14. The van der Waals surface area contributed by atoms with Crippen LogP contribution >= 0.6 is 0 Å². The lowest BCUT2D eigenvalue weighted by molar-refractivity contribution is -0.121. The predicted octanol–water partition coefficient (Wildman–Crippen LogP) is 3.25. The van der Waals surface area contributed by atoms with Gasteiger partial charge in [0.1, 0.15) is 17.5 Å². The van der Waals surface area contributed by atoms with E-state index in [-0.39, 0.29) is 17.2 Å². The average molecular weight is 482 g/mol. The van der Waals surface area contributed by atoms with Crippen LogP contribution in [0.15, 0.2) is 77.7 Å². The number of nitrogens with zero attached hydrogens (tertiary/aromatic N) is 1. The number of ether oxygens (including phenoxy) is 2. The van der Waals surface area contributed by atoms with Gasteiger partial charge in [-0.3, -0.25) is 14.3 Å². The molecule has 0 spiro atoms. The molecule has 0 aromatic heterocycles. The van der Waals surface area contributed by atoms with E-state index >= 15 is 0 Å². The highest BCUT2D eigenvalue weighted by Crippen LogP contribution is 2.29. The fourth-order valence-electron chi connectivity index (χ4n) is 3.63. The molecule has 2 amide bonds. The quantitative estimate of drug-likeness (QED) is 0.475. The molecule has 9 nitrogen and oxygen atoms in total. The number of rotatable bonds is 8. The van der Waals surface area contributed by atoms with Gasteiger partial charge in [-0.05, 0) is 54.6 Å². The molecule has 2 N–H and O–H groups in total. The van der Waals surface area contributed by atoms with E-state index in [2.05, 4.69) is 10.0 Å². The third-order valence-electron chi connectivity index (χ3n) is 5.31. The first-order valence-electron chi connectivity index (χ1n) is 10.4. The summed E-state index contributed by atoms with van der Waals surface area (Å²) < 4.78 is 38.7. The van der Waals surface area contributed by atoms with Gasteiger partial charge in [-0.25, -0.2) is 13.3 Å². The van der Waals surface area contributed by atoms with E-state index < -0.39 is 22.0 Å². The van der Waals surface area contributed by atoms with Crippen LogP contribution in [0.25, 0.3) is 0 Å². The number of nitrogens with one attached hydrogen (secondary N) is 2. The summed E-state index contributed by atoms with van der Waals surface area (Å²) in [6.07, 6.45) is -0.0543. The summed E-state index contributed by atoms with van der Waals surface area (Å²) in [4.78, 5) is 26.6. The number of sulfonamides is 1. The maximum absolute atomic E-state index is 12.9. The van der Waals surface area contributed by atoms with Crippen LogP contribution in [0.4, 0.5) is 17.1 Å². The Morgan fingerprint density at radius 3 is 2.35 bits per heavy atom. The van der Waals surface area contributed by atoms with Crippen molar-refractivity contribution in [3.63, 3.8) is 0 Å². The fourth-order valence-corrected chi connectivity index (χ4v) is 4.75. The molecule has 0 aliphatic carbocycles. The lowest BCUT2D eigenvalue weighted by Crippen LogP contribution is -2.34. The van der Waals surface area contributed by atoms with Gasteiger partial charge in [0.2, 0.25) is 5.91 Å². The summed E-state index contributed by atoms with van der Waals surface area (Å²) in [5.74, 6) is 0.219. The number of hydrogen-bond acceptors (Lipinski definition) is 7. The second-order valence-electron chi connectivity index (χ2n) is 7.50. The highest BCUT2D eigenvalue weighted by atomic mass is 32.2. The van der Waals surface area contributed by atoms with E-state index in [0.717, 1.165) is 4.90 Å². The molecule has 0 saturated carbocycles. The maximum Gasteiger partial charge on any atom is 0.262 e. The lowest BCUT2D eigenvalue weighted by Gasteiger charge is -2.17. The number of hydrogen-bond donors (Lipinski definition) is 2. The number of methoxy groups -OCH3 is 2. The van der Waals surface area contributed by atoms with Crippen molar-refractivity contribution < 1.29 is 27.5 Å². The zero-order chi connectivity index (χ0) is 24.3. The SMILES string of the molecule is COc1ccc(N2C(=O)C[C@@H](Nc3cccc(S(=O)(=O)Nc4ccccc4OC)c3)C2=O)cc1. The Morgan fingerprint density at radius 1 is 0.912 bits per heavy atom. The van der Waals surface area contributed by atoms with Crippen molar-refractivity contribution >= 4 is 38.9 Å². The highest BCUT2D eigenvalue weighted by molar-refractivity contribution is 7.92. The molecule has 0 bridgehead atoms. The van der Waals surface area contributed by atoms with Crippen LogP contribution in [0.3, 0.4) is 0 Å². The van der Waals surface area contributed by atoms with Crippen LogP contribution in [-0.4, -0.2) is 40.5 Å². The van der Waals surface area contributed by atoms with Gasteiger partial charge in [-0.1, -0.05) is 18.2 Å². The van der Waals surface area contributed by atoms with Gasteiger partial charge in [0.15, 0.2) is 0 Å². The molecule has 34 heavy (non-hydrogen) atoms. The van der Waals surface area contributed by atoms with Crippen molar-refractivity contribution in [1.29, 1.82) is 0 Å². The van der Waals surface area contributed by atoms with E-state index in [1.54, 1.807) is 60.7 Å². The van der Waals surface area contributed by atoms with Gasteiger partial charge < -0.3 is 14.8 Å². The Balaban J connectivity index is 1.52. The topological polar surface area (TPSA) is 114 Å². The zero-order valence-corrected chi connectivity index (χ0v) is 19.3. The van der Waals surface area contributed by atoms with Crippen LogP contribution in [0.5, 0.6) is 11.5 Å². The molecule has 176 valence electrons. The van der Waals surface area contributed by atoms with E-state index in [0.29, 0.717) is 28.6 Å². The Kier molecular flexibility index (Phi) is 6.42. The van der Waals surface area contributed by atoms with E-state index in [9.17, 15) is 18.0 Å². The van der Waals surface area contributed by atoms with E-state index in [1.807, 2.05) is 0 Å². The van der Waals surface area contributed by atoms with Gasteiger partial charge in [0.25, 0.3) is 15.9 Å². The normalized spacial score (nSPS) is 15.8. The number of amides is 2. The second-order valence-corrected chi connectivity index (χ2v) is 9.18. The summed E-state index contributed by atoms with van der Waals surface area (Å²) in [6.45, 7) is 0. The number of para-hydroxylation sites is 2. The molecule has 4 rings (SSSR count). The van der Waals surface area contributed by atoms with Gasteiger partial charge in [0, 0.05) is 5.69 Å². The van der Waals surface area contributed by atoms with Crippen LogP contribution in [0.1, 0.15) is 6.42 Å². The second kappa shape index (κ2) is 9.44.